The van der Waals surface area contributed by atoms with Gasteiger partial charge in [0.2, 0.25) is 0 Å². The fourth-order valence-electron chi connectivity index (χ4n) is 9.24. The Morgan fingerprint density at radius 2 is 1.79 bits per heavy atom. The highest BCUT2D eigenvalue weighted by Crippen LogP contribution is 2.67. The van der Waals surface area contributed by atoms with Gasteiger partial charge in [-0.1, -0.05) is 78.9 Å². The Hall–Kier alpha value is -1.56. The zero-order valence-corrected chi connectivity index (χ0v) is 26.0. The van der Waals surface area contributed by atoms with Crippen molar-refractivity contribution in [2.24, 2.45) is 52.1 Å². The third-order valence-corrected chi connectivity index (χ3v) is 11.4. The Balaban J connectivity index is 0.000000325. The number of hydrogen-bond donors (Lipinski definition) is 6. The molecule has 0 aromatic rings. The summed E-state index contributed by atoms with van der Waals surface area (Å²) in [5.41, 5.74) is 7.59. The molecule has 4 aliphatic carbocycles. The number of guanidine groups is 2. The fraction of sp³-hybridized carbons (Fsp3) is 0.879. The Labute approximate surface area is 239 Å². The second-order valence-corrected chi connectivity index (χ2v) is 14.4. The smallest absolute Gasteiger partial charge is 0.195 e. The Morgan fingerprint density at radius 1 is 1.05 bits per heavy atom. The van der Waals surface area contributed by atoms with E-state index in [0.29, 0.717) is 10.8 Å². The van der Waals surface area contributed by atoms with Crippen LogP contribution >= 0.6 is 0 Å². The summed E-state index contributed by atoms with van der Waals surface area (Å²) in [5, 5.41) is 29.3. The number of hydrogen-bond acceptors (Lipinski definition) is 3. The fourth-order valence-corrected chi connectivity index (χ4v) is 9.24. The molecule has 0 amide bonds. The van der Waals surface area contributed by atoms with Gasteiger partial charge in [0.05, 0.1) is 6.10 Å². The van der Waals surface area contributed by atoms with Crippen LogP contribution < -0.4 is 16.4 Å². The Morgan fingerprint density at radius 3 is 2.46 bits per heavy atom. The number of unbranched alkanes of at least 4 members (excludes halogenated alkanes) is 1. The maximum atomic E-state index is 10.2. The largest absolute Gasteiger partial charge is 0.393 e. The summed E-state index contributed by atoms with van der Waals surface area (Å²) in [7, 11) is 0. The first-order valence-corrected chi connectivity index (χ1v) is 16.2. The van der Waals surface area contributed by atoms with Crippen LogP contribution in [0.5, 0.6) is 0 Å². The van der Waals surface area contributed by atoms with Gasteiger partial charge in [-0.3, -0.25) is 16.1 Å². The van der Waals surface area contributed by atoms with E-state index >= 15 is 0 Å². The van der Waals surface area contributed by atoms with E-state index in [2.05, 4.69) is 58.3 Å². The molecule has 6 heteroatoms. The second kappa shape index (κ2) is 13.9. The van der Waals surface area contributed by atoms with Crippen LogP contribution in [0.25, 0.3) is 0 Å². The van der Waals surface area contributed by atoms with Crippen LogP contribution in [0.1, 0.15) is 125 Å². The van der Waals surface area contributed by atoms with Crippen molar-refractivity contribution in [3.05, 3.63) is 11.6 Å². The highest BCUT2D eigenvalue weighted by molar-refractivity contribution is 5.94. The molecule has 3 saturated carbocycles. The van der Waals surface area contributed by atoms with Crippen molar-refractivity contribution in [2.75, 3.05) is 6.54 Å². The first-order valence-electron chi connectivity index (χ1n) is 16.2. The first-order chi connectivity index (χ1) is 18.4. The quantitative estimate of drug-likeness (QED) is 0.0841. The number of fused-ring (bicyclic) bond motifs is 5. The van der Waals surface area contributed by atoms with Gasteiger partial charge in [0.15, 0.2) is 11.9 Å². The Bertz CT molecular complexity index is 855. The molecule has 0 aromatic heterocycles. The number of nitrogens with two attached hydrogens (primary N) is 1. The summed E-state index contributed by atoms with van der Waals surface area (Å²) in [5.74, 6) is 5.34. The highest BCUT2D eigenvalue weighted by Gasteiger charge is 2.59. The lowest BCUT2D eigenvalue weighted by atomic mass is 9.47. The van der Waals surface area contributed by atoms with Crippen molar-refractivity contribution in [2.45, 2.75) is 131 Å². The summed E-state index contributed by atoms with van der Waals surface area (Å²) in [6.07, 6.45) is 19.3. The van der Waals surface area contributed by atoms with Crippen molar-refractivity contribution in [1.82, 2.24) is 10.6 Å². The lowest BCUT2D eigenvalue weighted by molar-refractivity contribution is -0.0573. The molecule has 8 atom stereocenters. The maximum absolute atomic E-state index is 10.2. The average molecular weight is 544 g/mol. The third-order valence-electron chi connectivity index (χ3n) is 11.4. The van der Waals surface area contributed by atoms with E-state index in [9.17, 15) is 5.11 Å². The molecule has 0 saturated heterocycles. The van der Waals surface area contributed by atoms with Crippen LogP contribution in [0.2, 0.25) is 0 Å². The second-order valence-electron chi connectivity index (χ2n) is 14.4. The lowest BCUT2D eigenvalue weighted by Crippen LogP contribution is -2.50. The van der Waals surface area contributed by atoms with Crippen LogP contribution in [-0.4, -0.2) is 29.7 Å². The number of allylic oxidation sites excluding steroid dienone is 1. The minimum atomic E-state index is -0.209. The molecule has 4 rings (SSSR count). The number of nitrogens with one attached hydrogen (secondary N) is 4. The number of aliphatic hydroxyl groups is 1. The minimum absolute atomic E-state index is 0.0766. The van der Waals surface area contributed by atoms with Crippen molar-refractivity contribution in [3.8, 4) is 0 Å². The van der Waals surface area contributed by atoms with Gasteiger partial charge >= 0.3 is 0 Å². The molecule has 1 unspecified atom stereocenters. The van der Waals surface area contributed by atoms with E-state index in [1.54, 1.807) is 5.57 Å². The molecule has 0 bridgehead atoms. The molecule has 224 valence electrons. The molecule has 6 nitrogen and oxygen atoms in total. The van der Waals surface area contributed by atoms with Gasteiger partial charge in [-0.25, -0.2) is 0 Å². The van der Waals surface area contributed by atoms with E-state index in [0.717, 1.165) is 67.7 Å². The first kappa shape index (κ1) is 32.0. The van der Waals surface area contributed by atoms with Crippen molar-refractivity contribution < 1.29 is 5.11 Å². The standard InChI is InChI=1S/C27H46O.C6H15N5/c1-18(2)7-6-8-19(3)23-11-12-24-22-10-9-20-17-21(28)13-15-26(20,4)25(22)14-16-27(23,24)5;1-2-3-4-10-6(9)11-5(7)8/h9,18-19,21-25,28H,6-8,10-17H2,1-5H3;2-4H2,1H3,(H6,7,8,9,10,11)/t19?,21-,22-,23+,24-,25-,26-,27+;/m0./s1. The summed E-state index contributed by atoms with van der Waals surface area (Å²) in [6.45, 7) is 15.4. The lowest BCUT2D eigenvalue weighted by Gasteiger charge is -2.58. The van der Waals surface area contributed by atoms with Crippen LogP contribution in [0.4, 0.5) is 0 Å². The van der Waals surface area contributed by atoms with Crippen molar-refractivity contribution in [3.63, 3.8) is 0 Å². The Kier molecular flexibility index (Phi) is 11.4. The normalized spacial score (nSPS) is 35.9. The minimum Gasteiger partial charge on any atom is -0.393 e. The van der Waals surface area contributed by atoms with Crippen LogP contribution in [0.3, 0.4) is 0 Å². The van der Waals surface area contributed by atoms with E-state index in [1.165, 1.54) is 57.8 Å². The summed E-state index contributed by atoms with van der Waals surface area (Å²) in [4.78, 5) is 0. The molecular weight excluding hydrogens is 482 g/mol. The number of aliphatic hydroxyl groups excluding tert-OH is 1. The molecule has 0 spiro atoms. The summed E-state index contributed by atoms with van der Waals surface area (Å²) >= 11 is 0. The van der Waals surface area contributed by atoms with Crippen molar-refractivity contribution in [1.29, 1.82) is 10.8 Å². The molecule has 39 heavy (non-hydrogen) atoms. The topological polar surface area (TPSA) is 118 Å². The molecule has 0 aliphatic heterocycles. The van der Waals surface area contributed by atoms with Gasteiger partial charge in [0, 0.05) is 6.54 Å². The van der Waals surface area contributed by atoms with Gasteiger partial charge in [-0.05, 0) is 104 Å². The summed E-state index contributed by atoms with van der Waals surface area (Å²) in [6, 6.07) is 0. The highest BCUT2D eigenvalue weighted by atomic mass is 16.3. The number of rotatable bonds is 8. The van der Waals surface area contributed by atoms with Gasteiger partial charge in [-0.2, -0.15) is 0 Å². The van der Waals surface area contributed by atoms with E-state index < -0.39 is 0 Å². The molecule has 7 N–H and O–H groups in total. The van der Waals surface area contributed by atoms with Gasteiger partial charge < -0.3 is 16.2 Å². The van der Waals surface area contributed by atoms with Crippen molar-refractivity contribution >= 4 is 11.9 Å². The molecule has 0 radical (unpaired) electrons. The zero-order chi connectivity index (χ0) is 28.8. The molecule has 0 aromatic carbocycles. The zero-order valence-electron chi connectivity index (χ0n) is 26.0. The average Bonchev–Trinajstić information content (AvgIpc) is 3.21. The predicted molar refractivity (Wildman–Crippen MR) is 165 cm³/mol. The molecule has 3 fully saturated rings. The van der Waals surface area contributed by atoms with Gasteiger partial charge in [0.25, 0.3) is 0 Å². The monoisotopic (exact) mass is 543 g/mol. The SMILES string of the molecule is CC(C)CCCC(C)[C@H]1CC[C@H]2[C@@H]3CC=C4C[C@@H](O)CC[C@]4(C)[C@H]3CC[C@]12C.CCCCNC(=N)NC(=N)N. The van der Waals surface area contributed by atoms with Crippen LogP contribution in [0, 0.1) is 57.2 Å². The van der Waals surface area contributed by atoms with E-state index in [4.69, 9.17) is 16.6 Å². The van der Waals surface area contributed by atoms with Crippen LogP contribution in [-0.2, 0) is 0 Å². The van der Waals surface area contributed by atoms with E-state index in [-0.39, 0.29) is 18.0 Å². The van der Waals surface area contributed by atoms with Gasteiger partial charge in [0.1, 0.15) is 0 Å². The third kappa shape index (κ3) is 7.59. The van der Waals surface area contributed by atoms with Crippen LogP contribution in [0.15, 0.2) is 11.6 Å². The molecule has 4 aliphatic rings. The summed E-state index contributed by atoms with van der Waals surface area (Å²) < 4.78 is 0. The van der Waals surface area contributed by atoms with Gasteiger partial charge in [-0.15, -0.1) is 0 Å². The van der Waals surface area contributed by atoms with E-state index in [1.807, 2.05) is 0 Å². The molecular formula is C33H61N5O. The molecule has 0 heterocycles. The predicted octanol–water partition coefficient (Wildman–Crippen LogP) is 7.18. The maximum Gasteiger partial charge on any atom is 0.195 e.